The van der Waals surface area contributed by atoms with Gasteiger partial charge in [-0.3, -0.25) is 9.69 Å². The summed E-state index contributed by atoms with van der Waals surface area (Å²) in [5.41, 5.74) is 0.992. The van der Waals surface area contributed by atoms with E-state index in [0.29, 0.717) is 37.6 Å². The molecule has 0 bridgehead atoms. The Balaban J connectivity index is 1.48. The molecule has 1 aliphatic heterocycles. The molecule has 1 saturated heterocycles. The minimum Gasteiger partial charge on any atom is -0.447 e. The van der Waals surface area contributed by atoms with Crippen LogP contribution in [-0.2, 0) is 25.8 Å². The largest absolute Gasteiger partial charge is 0.447 e. The Morgan fingerprint density at radius 2 is 1.51 bits per heavy atom. The number of carbonyl (C=O) groups is 1. The fraction of sp³-hybridized carbons (Fsp3) is 0.360. The van der Waals surface area contributed by atoms with Crippen molar-refractivity contribution in [3.05, 3.63) is 88.9 Å². The molecule has 0 radical (unpaired) electrons. The Bertz CT molecular complexity index is 1120. The van der Waals surface area contributed by atoms with Gasteiger partial charge in [-0.05, 0) is 42.4 Å². The molecule has 0 unspecified atom stereocenters. The Kier molecular flexibility index (Phi) is 7.51. The van der Waals surface area contributed by atoms with Crippen molar-refractivity contribution < 1.29 is 26.8 Å². The van der Waals surface area contributed by atoms with Crippen LogP contribution in [0.2, 0.25) is 0 Å². The molecule has 1 amide bonds. The molecule has 0 atom stereocenters. The van der Waals surface area contributed by atoms with Crippen molar-refractivity contribution in [2.24, 2.45) is 0 Å². The molecule has 3 aromatic rings. The zero-order valence-electron chi connectivity index (χ0n) is 19.3. The number of alkyl halides is 3. The summed E-state index contributed by atoms with van der Waals surface area (Å²) in [4.78, 5) is 22.9. The highest BCUT2D eigenvalue weighted by Crippen LogP contribution is 2.29. The van der Waals surface area contributed by atoms with E-state index < -0.39 is 11.7 Å². The van der Waals surface area contributed by atoms with Crippen molar-refractivity contribution in [3.63, 3.8) is 0 Å². The molecule has 6 nitrogen and oxygen atoms in total. The molecule has 0 N–H and O–H groups in total. The second kappa shape index (κ2) is 10.6. The van der Waals surface area contributed by atoms with Crippen LogP contribution in [0.25, 0.3) is 0 Å². The van der Waals surface area contributed by atoms with Crippen molar-refractivity contribution in [2.75, 3.05) is 33.2 Å². The van der Waals surface area contributed by atoms with Crippen molar-refractivity contribution in [3.8, 4) is 0 Å². The highest BCUT2D eigenvalue weighted by atomic mass is 19.4. The monoisotopic (exact) mass is 490 g/mol. The van der Waals surface area contributed by atoms with Gasteiger partial charge in [0.15, 0.2) is 5.69 Å². The molecule has 1 fully saturated rings. The molecule has 4 rings (SSSR count). The number of amides is 1. The zero-order chi connectivity index (χ0) is 25.0. The van der Waals surface area contributed by atoms with Crippen LogP contribution in [0.5, 0.6) is 0 Å². The third-order valence-electron chi connectivity index (χ3n) is 5.93. The van der Waals surface area contributed by atoms with E-state index in [4.69, 9.17) is 4.42 Å². The number of likely N-dealkylation sites (N-methyl/N-ethyl adjacent to an activating group) is 1. The second-order valence-electron chi connectivity index (χ2n) is 8.69. The maximum absolute atomic E-state index is 13.3. The van der Waals surface area contributed by atoms with Crippen molar-refractivity contribution in [1.29, 1.82) is 0 Å². The Labute approximate surface area is 200 Å². The summed E-state index contributed by atoms with van der Waals surface area (Å²) < 4.78 is 57.7. The van der Waals surface area contributed by atoms with Crippen LogP contribution >= 0.6 is 0 Å². The predicted molar refractivity (Wildman–Crippen MR) is 121 cm³/mol. The van der Waals surface area contributed by atoms with Crippen LogP contribution in [-0.4, -0.2) is 58.8 Å². The molecule has 0 spiro atoms. The van der Waals surface area contributed by atoms with E-state index in [9.17, 15) is 22.4 Å². The molecule has 2 aromatic carbocycles. The third-order valence-corrected chi connectivity index (χ3v) is 5.93. The van der Waals surface area contributed by atoms with Crippen molar-refractivity contribution in [1.82, 2.24) is 19.7 Å². The summed E-state index contributed by atoms with van der Waals surface area (Å²) in [5, 5.41) is 0. The highest BCUT2D eigenvalue weighted by Gasteiger charge is 2.30. The maximum Gasteiger partial charge on any atom is 0.416 e. The molecular weight excluding hydrogens is 464 g/mol. The molecule has 1 aromatic heterocycles. The van der Waals surface area contributed by atoms with Gasteiger partial charge >= 0.3 is 6.18 Å². The molecule has 186 valence electrons. The number of rotatable bonds is 7. The molecule has 0 aliphatic carbocycles. The van der Waals surface area contributed by atoms with Gasteiger partial charge in [0.05, 0.1) is 12.1 Å². The zero-order valence-corrected chi connectivity index (χ0v) is 19.3. The lowest BCUT2D eigenvalue weighted by Crippen LogP contribution is -2.47. The van der Waals surface area contributed by atoms with E-state index in [1.165, 1.54) is 30.5 Å². The van der Waals surface area contributed by atoms with E-state index in [2.05, 4.69) is 9.88 Å². The SMILES string of the molecule is CN1CCN(C(=O)c2coc(CN(Cc3ccc(F)cc3)Cc3ccc(C(F)(F)F)cc3)n2)CC1. The fourth-order valence-corrected chi connectivity index (χ4v) is 3.92. The van der Waals surface area contributed by atoms with Gasteiger partial charge in [-0.1, -0.05) is 24.3 Å². The van der Waals surface area contributed by atoms with Gasteiger partial charge in [-0.25, -0.2) is 9.37 Å². The summed E-state index contributed by atoms with van der Waals surface area (Å²) in [6.07, 6.45) is -3.07. The number of nitrogens with zero attached hydrogens (tertiary/aromatic N) is 4. The summed E-state index contributed by atoms with van der Waals surface area (Å²) in [6.45, 7) is 3.70. The fourth-order valence-electron chi connectivity index (χ4n) is 3.92. The van der Waals surface area contributed by atoms with Crippen LogP contribution in [0.1, 0.15) is 33.1 Å². The number of oxazole rings is 1. The van der Waals surface area contributed by atoms with E-state index >= 15 is 0 Å². The molecular formula is C25H26F4N4O2. The first-order valence-electron chi connectivity index (χ1n) is 11.2. The van der Waals surface area contributed by atoms with E-state index in [1.807, 2.05) is 11.9 Å². The third kappa shape index (κ3) is 6.67. The van der Waals surface area contributed by atoms with Crippen LogP contribution in [0.3, 0.4) is 0 Å². The van der Waals surface area contributed by atoms with Gasteiger partial charge in [-0.15, -0.1) is 0 Å². The number of carbonyl (C=O) groups excluding carboxylic acids is 1. The van der Waals surface area contributed by atoms with Crippen LogP contribution < -0.4 is 0 Å². The first-order chi connectivity index (χ1) is 16.7. The molecule has 1 aliphatic rings. The summed E-state index contributed by atoms with van der Waals surface area (Å²) in [6, 6.07) is 10.9. The van der Waals surface area contributed by atoms with Crippen molar-refractivity contribution >= 4 is 5.91 Å². The second-order valence-corrected chi connectivity index (χ2v) is 8.69. The molecule has 2 heterocycles. The lowest BCUT2D eigenvalue weighted by Gasteiger charge is -2.31. The van der Waals surface area contributed by atoms with Crippen LogP contribution in [0.15, 0.2) is 59.2 Å². The topological polar surface area (TPSA) is 52.8 Å². The van der Waals surface area contributed by atoms with E-state index in [-0.39, 0.29) is 24.0 Å². The minimum atomic E-state index is -4.41. The summed E-state index contributed by atoms with van der Waals surface area (Å²) in [5.74, 6) is -0.236. The predicted octanol–water partition coefficient (Wildman–Crippen LogP) is 4.42. The average Bonchev–Trinajstić information content (AvgIpc) is 3.29. The van der Waals surface area contributed by atoms with Gasteiger partial charge in [0.25, 0.3) is 5.91 Å². The van der Waals surface area contributed by atoms with Gasteiger partial charge in [-0.2, -0.15) is 13.2 Å². The smallest absolute Gasteiger partial charge is 0.416 e. The van der Waals surface area contributed by atoms with Gasteiger partial charge < -0.3 is 14.2 Å². The number of benzene rings is 2. The summed E-state index contributed by atoms with van der Waals surface area (Å²) >= 11 is 0. The Hall–Kier alpha value is -3.24. The Morgan fingerprint density at radius 1 is 0.943 bits per heavy atom. The van der Waals surface area contributed by atoms with Gasteiger partial charge in [0.2, 0.25) is 5.89 Å². The van der Waals surface area contributed by atoms with Gasteiger partial charge in [0, 0.05) is 39.3 Å². The quantitative estimate of drug-likeness (QED) is 0.459. The van der Waals surface area contributed by atoms with Crippen molar-refractivity contribution in [2.45, 2.75) is 25.8 Å². The standard InChI is InChI=1S/C25H26F4N4O2/c1-31-10-12-33(13-11-31)24(34)22-17-35-23(30-22)16-32(15-19-4-8-21(26)9-5-19)14-18-2-6-20(7-3-18)25(27,28)29/h2-9,17H,10-16H2,1H3. The molecule has 10 heteroatoms. The number of aromatic nitrogens is 1. The Morgan fingerprint density at radius 3 is 2.09 bits per heavy atom. The molecule has 0 saturated carbocycles. The summed E-state index contributed by atoms with van der Waals surface area (Å²) in [7, 11) is 2.00. The van der Waals surface area contributed by atoms with Gasteiger partial charge in [0.1, 0.15) is 12.1 Å². The highest BCUT2D eigenvalue weighted by molar-refractivity contribution is 5.92. The number of hydrogen-bond acceptors (Lipinski definition) is 5. The first-order valence-corrected chi connectivity index (χ1v) is 11.2. The first kappa shape index (κ1) is 24.9. The lowest BCUT2D eigenvalue weighted by molar-refractivity contribution is -0.137. The lowest BCUT2D eigenvalue weighted by atomic mass is 10.1. The van der Waals surface area contributed by atoms with E-state index in [1.54, 1.807) is 17.0 Å². The number of hydrogen-bond donors (Lipinski definition) is 0. The normalized spacial score (nSPS) is 15.1. The molecule has 35 heavy (non-hydrogen) atoms. The average molecular weight is 491 g/mol. The van der Waals surface area contributed by atoms with E-state index in [0.717, 1.165) is 30.8 Å². The van der Waals surface area contributed by atoms with Crippen LogP contribution in [0.4, 0.5) is 17.6 Å². The number of piperazine rings is 1. The number of halogens is 4. The minimum absolute atomic E-state index is 0.194. The van der Waals surface area contributed by atoms with Crippen LogP contribution in [0, 0.1) is 5.82 Å². The maximum atomic E-state index is 13.3.